The highest BCUT2D eigenvalue weighted by atomic mass is 32.1. The van der Waals surface area contributed by atoms with Crippen molar-refractivity contribution in [1.29, 1.82) is 0 Å². The van der Waals surface area contributed by atoms with E-state index in [1.54, 1.807) is 27.7 Å². The number of carbonyl (C=O) groups excluding carboxylic acids is 10. The fourth-order valence-electron chi connectivity index (χ4n) is 10.8. The molecule has 9 rings (SSSR count). The Morgan fingerprint density at radius 2 is 0.814 bits per heavy atom. The number of ether oxygens (including phenoxy) is 10. The first-order chi connectivity index (χ1) is 52.6. The molecule has 6 heterocycles. The maximum atomic E-state index is 13.3. The molecule has 626 valence electrons. The van der Waals surface area contributed by atoms with E-state index in [1.165, 1.54) is 114 Å². The van der Waals surface area contributed by atoms with Crippen molar-refractivity contribution in [2.45, 2.75) is 143 Å². The summed E-state index contributed by atoms with van der Waals surface area (Å²) >= 11 is 3.65. The molecule has 0 bridgehead atoms. The van der Waals surface area contributed by atoms with Gasteiger partial charge in [0.05, 0.1) is 110 Å². The van der Waals surface area contributed by atoms with Gasteiger partial charge in [0.15, 0.2) is 28.9 Å². The van der Waals surface area contributed by atoms with Gasteiger partial charge in [0, 0.05) is 82.5 Å². The first-order valence-electron chi connectivity index (χ1n) is 35.6. The van der Waals surface area contributed by atoms with Crippen LogP contribution in [0.5, 0.6) is 0 Å². The molecule has 6 aromatic rings. The number of hydrogen-bond acceptors (Lipinski definition) is 27. The summed E-state index contributed by atoms with van der Waals surface area (Å²) in [5, 5.41) is 22.0. The predicted molar refractivity (Wildman–Crippen MR) is 427 cm³/mol. The minimum absolute atomic E-state index is 0. The summed E-state index contributed by atoms with van der Waals surface area (Å²) in [6.45, 7) is 13.7. The second kappa shape index (κ2) is 52.6. The highest BCUT2D eigenvalue weighted by molar-refractivity contribution is 7.14. The fourth-order valence-corrected chi connectivity index (χ4v) is 12.8. The van der Waals surface area contributed by atoms with E-state index in [1.807, 2.05) is 92.7 Å². The molecule has 29 nitrogen and oxygen atoms in total. The number of aliphatic carboxylic acids is 1. The molecule has 0 aliphatic carbocycles. The maximum Gasteiger partial charge on any atom is 0.312 e. The maximum absolute atomic E-state index is 13.3. The van der Waals surface area contributed by atoms with Crippen molar-refractivity contribution in [1.82, 2.24) is 36.2 Å². The lowest BCUT2D eigenvalue weighted by molar-refractivity contribution is -0.153. The number of methoxy groups -OCH3 is 6. The normalized spacial score (nSPS) is 16.8. The number of carboxylic acid groups (broad SMARTS) is 1. The summed E-state index contributed by atoms with van der Waals surface area (Å²) in [4.78, 5) is 150. The summed E-state index contributed by atoms with van der Waals surface area (Å²) < 4.78 is 51.0. The monoisotopic (exact) mass is 1640 g/mol. The van der Waals surface area contributed by atoms with Crippen molar-refractivity contribution in [3.05, 3.63) is 156 Å². The summed E-state index contributed by atoms with van der Waals surface area (Å²) in [6.07, 6.45) is 7.37. The second-order valence-electron chi connectivity index (χ2n) is 26.5. The molecule has 10 atom stereocenters. The lowest BCUT2D eigenvalue weighted by Gasteiger charge is -2.24. The molecule has 3 aliphatic rings. The van der Waals surface area contributed by atoms with Gasteiger partial charge in [0.25, 0.3) is 17.7 Å². The van der Waals surface area contributed by atoms with E-state index in [0.29, 0.717) is 27.8 Å². The number of rotatable bonds is 41. The Bertz CT molecular complexity index is 3890. The van der Waals surface area contributed by atoms with Gasteiger partial charge in [-0.2, -0.15) is 0 Å². The molecule has 3 aliphatic heterocycles. The zero-order chi connectivity index (χ0) is 80.8. The zero-order valence-electron chi connectivity index (χ0n) is 64.7. The Morgan fingerprint density at radius 3 is 1.15 bits per heavy atom. The van der Waals surface area contributed by atoms with Gasteiger partial charge in [-0.15, -0.1) is 34.0 Å². The molecule has 0 saturated carbocycles. The van der Waals surface area contributed by atoms with Gasteiger partial charge in [-0.05, 0) is 77.0 Å². The molecule has 4 amide bonds. The van der Waals surface area contributed by atoms with Crippen LogP contribution < -0.4 is 21.3 Å². The number of ketones is 5. The van der Waals surface area contributed by atoms with E-state index >= 15 is 0 Å². The van der Waals surface area contributed by atoms with Crippen LogP contribution in [0.1, 0.15) is 130 Å². The first kappa shape index (κ1) is 100. The number of halogens is 1. The SMILES string of the molecule is C.C.C1CCOC1.COC[C@H](CC(=O)[C@H](COC)NC(=O)c1cnc(C)s1)C(=O)N[C@@H](Cc1ccccc1)C(=O)[C@@]1(C)CO1.COC[C@H](CC(=O)[C@H](COC)NC(=O)c1cnc(C)s1)C(=O)O.COC[C@H](CC(=O)[C@H](COC)NC(=O)c1cnc(C)s1)C(=O)OCc1ccccc1.C[C@@H](Cc1ccccc1)C(=O)[C@@]1(C)CO1.F.[HH]. The Morgan fingerprint density at radius 1 is 0.478 bits per heavy atom. The molecule has 113 heavy (non-hydrogen) atoms. The zero-order valence-corrected chi connectivity index (χ0v) is 67.2. The van der Waals surface area contributed by atoms with Gasteiger partial charge in [-0.1, -0.05) is 113 Å². The molecular formula is C80H114FN7O22S3. The number of aromatic nitrogens is 3. The number of hydrogen-bond donors (Lipinski definition) is 5. The van der Waals surface area contributed by atoms with Crippen LogP contribution >= 0.6 is 34.0 Å². The molecular weight excluding hydrogens is 1530 g/mol. The number of Topliss-reactive ketones (excluding diaryl/α,β-unsaturated/α-hetero) is 5. The highest BCUT2D eigenvalue weighted by Gasteiger charge is 2.51. The number of epoxide rings is 2. The summed E-state index contributed by atoms with van der Waals surface area (Å²) in [5.74, 6) is -7.18. The molecule has 3 aromatic heterocycles. The summed E-state index contributed by atoms with van der Waals surface area (Å²) in [6, 6.07) is 25.1. The minimum atomic E-state index is -1.12. The Balaban J connectivity index is 0.000000761. The van der Waals surface area contributed by atoms with Crippen LogP contribution in [0.25, 0.3) is 0 Å². The number of nitrogens with zero attached hydrogens (tertiary/aromatic N) is 3. The molecule has 3 fully saturated rings. The topological polar surface area (TPSA) is 394 Å². The second-order valence-corrected chi connectivity index (χ2v) is 30.2. The number of aryl methyl sites for hydroxylation is 3. The smallest absolute Gasteiger partial charge is 0.312 e. The number of carbonyl (C=O) groups is 11. The summed E-state index contributed by atoms with van der Waals surface area (Å²) in [5.41, 5.74) is 1.53. The number of nitrogens with one attached hydrogen (secondary N) is 4. The first-order valence-corrected chi connectivity index (χ1v) is 38.0. The lowest BCUT2D eigenvalue weighted by Crippen LogP contribution is -2.51. The number of benzene rings is 3. The molecule has 3 saturated heterocycles. The van der Waals surface area contributed by atoms with Crippen LogP contribution in [0, 0.1) is 44.4 Å². The molecule has 5 N–H and O–H groups in total. The van der Waals surface area contributed by atoms with Gasteiger partial charge in [0.2, 0.25) is 5.91 Å². The van der Waals surface area contributed by atoms with E-state index in [4.69, 9.17) is 52.5 Å². The van der Waals surface area contributed by atoms with Crippen LogP contribution in [0.3, 0.4) is 0 Å². The molecule has 0 unspecified atom stereocenters. The third kappa shape index (κ3) is 35.7. The number of esters is 1. The van der Waals surface area contributed by atoms with Crippen molar-refractivity contribution in [3.63, 3.8) is 0 Å². The standard InChI is InChI=1S/C26H33N3O7S.C21H26N2O6S.C14H20N2O6S.C13H16O2.C4H8O.2CH4.FH.H2/c1-16-27-12-22(37-16)25(33)29-20(14-35-4)21(30)11-18(13-34-3)24(32)28-19(23(31)26(2)15-36-26)10-17-8-6-5-7-9-17;1-14-22-10-19(30-14)20(25)23-17(13-28-3)18(24)9-16(12-27-2)21(26)29-11-15-7-5-4-6-8-15;1-8-15-5-12(23-8)13(18)16-10(7-22-3)11(17)4-9(6-21-2)14(19)20;1-10(12(14)13(2)9-15-13)8-11-6-4-3-5-7-11;1-2-4-5-3-1;;;;/h5-9,12,18-20H,10-11,13-15H2,1-4H3,(H,28,32)(H,29,33);4-8,10,16-17H,9,11-13H2,1-3H3,(H,23,25);5,9-10H,4,6-7H2,1-3H3,(H,16,18)(H,19,20);3-7,10H,8-9H2,1-2H3;1-4H2;2*1H4;2*1H/t18-,19-,20-,26+;16-,17-;9-,10-;10-,13+;;;;;/m0000...../s1. The number of carboxylic acids is 1. The van der Waals surface area contributed by atoms with Crippen molar-refractivity contribution < 1.29 is 111 Å². The average molecular weight is 1640 g/mol. The third-order valence-corrected chi connectivity index (χ3v) is 19.8. The Kier molecular flexibility index (Phi) is 46.8. The van der Waals surface area contributed by atoms with E-state index < -0.39 is 100 Å². The van der Waals surface area contributed by atoms with Gasteiger partial charge in [-0.3, -0.25) is 57.4 Å². The number of thiazole rings is 3. The van der Waals surface area contributed by atoms with Crippen LogP contribution in [0.2, 0.25) is 0 Å². The fraction of sp³-hybridized carbons (Fsp3) is 0.525. The molecule has 0 spiro atoms. The highest BCUT2D eigenvalue weighted by Crippen LogP contribution is 2.32. The van der Waals surface area contributed by atoms with Gasteiger partial charge in [0.1, 0.15) is 50.6 Å². The lowest BCUT2D eigenvalue weighted by atomic mass is 9.90. The third-order valence-electron chi connectivity index (χ3n) is 17.1. The van der Waals surface area contributed by atoms with Crippen molar-refractivity contribution in [2.75, 3.05) is 109 Å². The Hall–Kier alpha value is -8.71. The Labute approximate surface area is 674 Å². The van der Waals surface area contributed by atoms with Crippen LogP contribution in [-0.4, -0.2) is 229 Å². The van der Waals surface area contributed by atoms with Crippen molar-refractivity contribution >= 4 is 98.5 Å². The quantitative estimate of drug-likeness (QED) is 0.0177. The number of amides is 4. The van der Waals surface area contributed by atoms with Crippen LogP contribution in [-0.2, 0) is 105 Å². The molecule has 33 heteroatoms. The van der Waals surface area contributed by atoms with Gasteiger partial charge in [-0.25, -0.2) is 15.0 Å². The average Bonchev–Trinajstić information content (AvgIpc) is 1.65. The summed E-state index contributed by atoms with van der Waals surface area (Å²) in [7, 11) is 8.49. The molecule has 0 radical (unpaired) electrons. The predicted octanol–water partition coefficient (Wildman–Crippen LogP) is 8.86. The largest absolute Gasteiger partial charge is 0.481 e. The van der Waals surface area contributed by atoms with Gasteiger partial charge >= 0.3 is 11.9 Å². The van der Waals surface area contributed by atoms with Crippen molar-refractivity contribution in [2.24, 2.45) is 23.7 Å². The molecule has 3 aromatic carbocycles. The van der Waals surface area contributed by atoms with E-state index in [-0.39, 0.29) is 116 Å². The van der Waals surface area contributed by atoms with Crippen LogP contribution in [0.4, 0.5) is 4.70 Å². The van der Waals surface area contributed by atoms with E-state index in [0.717, 1.165) is 45.8 Å². The van der Waals surface area contributed by atoms with Crippen molar-refractivity contribution in [3.8, 4) is 0 Å². The van der Waals surface area contributed by atoms with E-state index in [9.17, 15) is 52.7 Å². The van der Waals surface area contributed by atoms with Gasteiger partial charge < -0.3 is 73.7 Å². The van der Waals surface area contributed by atoms with E-state index in [2.05, 4.69) is 48.4 Å². The minimum Gasteiger partial charge on any atom is -0.481 e. The van der Waals surface area contributed by atoms with Crippen LogP contribution in [0.15, 0.2) is 110 Å².